The number of aromatic nitrogens is 2. The van der Waals surface area contributed by atoms with E-state index in [0.29, 0.717) is 23.6 Å². The summed E-state index contributed by atoms with van der Waals surface area (Å²) in [5.41, 5.74) is 1.07. The number of benzene rings is 1. The van der Waals surface area contributed by atoms with Gasteiger partial charge in [0.05, 0.1) is 30.1 Å². The Balaban J connectivity index is 1.73. The first-order valence-electron chi connectivity index (χ1n) is 7.25. The topological polar surface area (TPSA) is 41.3 Å². The second-order valence-corrected chi connectivity index (χ2v) is 5.81. The third-order valence-corrected chi connectivity index (χ3v) is 4.33. The molecule has 0 radical (unpaired) electrons. The van der Waals surface area contributed by atoms with Gasteiger partial charge in [-0.05, 0) is 25.7 Å². The van der Waals surface area contributed by atoms with E-state index >= 15 is 0 Å². The average Bonchev–Trinajstić information content (AvgIpc) is 2.82. The van der Waals surface area contributed by atoms with E-state index < -0.39 is 11.6 Å². The molecule has 1 atom stereocenters. The van der Waals surface area contributed by atoms with E-state index in [2.05, 4.69) is 9.88 Å². The lowest BCUT2D eigenvalue weighted by molar-refractivity contribution is 0.0618. The third-order valence-electron chi connectivity index (χ3n) is 4.33. The molecule has 0 aliphatic carbocycles. The predicted octanol–water partition coefficient (Wildman–Crippen LogP) is 2.36. The first kappa shape index (κ1) is 14.4. The van der Waals surface area contributed by atoms with Crippen molar-refractivity contribution in [3.63, 3.8) is 0 Å². The summed E-state index contributed by atoms with van der Waals surface area (Å²) in [7, 11) is 0. The van der Waals surface area contributed by atoms with Crippen molar-refractivity contribution >= 4 is 11.0 Å². The largest absolute Gasteiger partial charge is 0.393 e. The molecule has 1 aliphatic rings. The summed E-state index contributed by atoms with van der Waals surface area (Å²) in [6, 6.07) is 2.32. The monoisotopic (exact) mass is 295 g/mol. The maximum absolute atomic E-state index is 13.4. The van der Waals surface area contributed by atoms with Crippen molar-refractivity contribution in [2.75, 3.05) is 13.1 Å². The minimum absolute atomic E-state index is 0.265. The molecule has 1 N–H and O–H groups in total. The highest BCUT2D eigenvalue weighted by molar-refractivity contribution is 5.75. The molecule has 1 saturated heterocycles. The Bertz CT molecular complexity index is 633. The van der Waals surface area contributed by atoms with E-state index in [1.165, 1.54) is 6.07 Å². The molecule has 1 aromatic heterocycles. The molecule has 21 heavy (non-hydrogen) atoms. The van der Waals surface area contributed by atoms with Gasteiger partial charge >= 0.3 is 0 Å². The maximum atomic E-state index is 13.4. The number of rotatable bonds is 3. The molecule has 1 aliphatic heterocycles. The van der Waals surface area contributed by atoms with Crippen molar-refractivity contribution in [1.82, 2.24) is 14.5 Å². The molecule has 1 unspecified atom stereocenters. The van der Waals surface area contributed by atoms with E-state index in [0.717, 1.165) is 32.0 Å². The van der Waals surface area contributed by atoms with Gasteiger partial charge < -0.3 is 9.67 Å². The minimum Gasteiger partial charge on any atom is -0.393 e. The van der Waals surface area contributed by atoms with Crippen molar-refractivity contribution < 1.29 is 13.9 Å². The number of likely N-dealkylation sites (tertiary alicyclic amines) is 1. The lowest BCUT2D eigenvalue weighted by atomic mass is 9.92. The van der Waals surface area contributed by atoms with E-state index in [1.807, 2.05) is 11.5 Å². The summed E-state index contributed by atoms with van der Waals surface area (Å²) in [4.78, 5) is 6.36. The number of aliphatic hydroxyl groups excluding tert-OH is 1. The van der Waals surface area contributed by atoms with Crippen molar-refractivity contribution in [1.29, 1.82) is 0 Å². The molecule has 2 heterocycles. The smallest absolute Gasteiger partial charge is 0.161 e. The van der Waals surface area contributed by atoms with Crippen LogP contribution in [0.1, 0.15) is 19.8 Å². The molecule has 1 aromatic carbocycles. The number of imidazole rings is 1. The third kappa shape index (κ3) is 2.91. The van der Waals surface area contributed by atoms with Crippen LogP contribution in [0.4, 0.5) is 8.78 Å². The molecule has 6 heteroatoms. The predicted molar refractivity (Wildman–Crippen MR) is 75.6 cm³/mol. The van der Waals surface area contributed by atoms with Crippen LogP contribution in [-0.2, 0) is 6.67 Å². The van der Waals surface area contributed by atoms with Gasteiger partial charge in [-0.1, -0.05) is 0 Å². The van der Waals surface area contributed by atoms with Crippen LogP contribution in [0.5, 0.6) is 0 Å². The molecule has 3 rings (SSSR count). The van der Waals surface area contributed by atoms with Crippen molar-refractivity contribution in [2.45, 2.75) is 32.5 Å². The molecular weight excluding hydrogens is 276 g/mol. The molecule has 0 bridgehead atoms. The van der Waals surface area contributed by atoms with Gasteiger partial charge in [-0.15, -0.1) is 0 Å². The van der Waals surface area contributed by atoms with Gasteiger partial charge in [0.1, 0.15) is 0 Å². The van der Waals surface area contributed by atoms with Crippen LogP contribution in [0.2, 0.25) is 0 Å². The van der Waals surface area contributed by atoms with Crippen LogP contribution in [0, 0.1) is 17.6 Å². The highest BCUT2D eigenvalue weighted by atomic mass is 19.2. The zero-order chi connectivity index (χ0) is 15.0. The number of fused-ring (bicyclic) bond motifs is 1. The lowest BCUT2D eigenvalue weighted by Crippen LogP contribution is -2.37. The summed E-state index contributed by atoms with van der Waals surface area (Å²) in [6.45, 7) is 4.22. The van der Waals surface area contributed by atoms with Crippen LogP contribution in [0.3, 0.4) is 0 Å². The molecule has 0 saturated carbocycles. The number of hydrogen-bond acceptors (Lipinski definition) is 3. The zero-order valence-electron chi connectivity index (χ0n) is 12.0. The first-order chi connectivity index (χ1) is 10.0. The number of piperidine rings is 1. The van der Waals surface area contributed by atoms with Gasteiger partial charge in [-0.3, -0.25) is 4.90 Å². The van der Waals surface area contributed by atoms with Gasteiger partial charge in [-0.2, -0.15) is 0 Å². The fourth-order valence-electron chi connectivity index (χ4n) is 2.96. The van der Waals surface area contributed by atoms with Gasteiger partial charge in [0.25, 0.3) is 0 Å². The lowest BCUT2D eigenvalue weighted by Gasteiger charge is -2.33. The average molecular weight is 295 g/mol. The van der Waals surface area contributed by atoms with Crippen molar-refractivity contribution in [3.05, 3.63) is 30.1 Å². The standard InChI is InChI=1S/C15H19F2N3O/c1-10(21)11-2-4-19(5-3-11)9-20-8-18-14-6-12(16)13(17)7-15(14)20/h6-8,10-11,21H,2-5,9H2,1H3. The van der Waals surface area contributed by atoms with Crippen molar-refractivity contribution in [2.24, 2.45) is 5.92 Å². The molecule has 4 nitrogen and oxygen atoms in total. The zero-order valence-corrected chi connectivity index (χ0v) is 12.0. The highest BCUT2D eigenvalue weighted by Gasteiger charge is 2.23. The Labute approximate surface area is 122 Å². The van der Waals surface area contributed by atoms with Crippen LogP contribution in [-0.4, -0.2) is 38.8 Å². The highest BCUT2D eigenvalue weighted by Crippen LogP contribution is 2.22. The fraction of sp³-hybridized carbons (Fsp3) is 0.533. The molecule has 114 valence electrons. The number of halogens is 2. The summed E-state index contributed by atoms with van der Waals surface area (Å²) < 4.78 is 28.4. The van der Waals surface area contributed by atoms with Crippen LogP contribution in [0.15, 0.2) is 18.5 Å². The van der Waals surface area contributed by atoms with E-state index in [1.54, 1.807) is 6.33 Å². The van der Waals surface area contributed by atoms with Gasteiger partial charge in [0.15, 0.2) is 11.6 Å². The van der Waals surface area contributed by atoms with E-state index in [-0.39, 0.29) is 6.10 Å². The maximum Gasteiger partial charge on any atom is 0.161 e. The molecule has 2 aromatic rings. The molecular formula is C15H19F2N3O. The Hall–Kier alpha value is -1.53. The fourth-order valence-corrected chi connectivity index (χ4v) is 2.96. The van der Waals surface area contributed by atoms with Gasteiger partial charge in [0, 0.05) is 25.2 Å². The first-order valence-corrected chi connectivity index (χ1v) is 7.25. The van der Waals surface area contributed by atoms with Crippen LogP contribution in [0.25, 0.3) is 11.0 Å². The van der Waals surface area contributed by atoms with E-state index in [9.17, 15) is 13.9 Å². The Morgan fingerprint density at radius 1 is 1.29 bits per heavy atom. The summed E-state index contributed by atoms with van der Waals surface area (Å²) in [5, 5.41) is 9.61. The summed E-state index contributed by atoms with van der Waals surface area (Å²) in [5.74, 6) is -1.37. The quantitative estimate of drug-likeness (QED) is 0.945. The number of nitrogens with zero attached hydrogens (tertiary/aromatic N) is 3. The van der Waals surface area contributed by atoms with Crippen LogP contribution >= 0.6 is 0 Å². The SMILES string of the molecule is CC(O)C1CCN(Cn2cnc3cc(F)c(F)cc32)CC1. The second-order valence-electron chi connectivity index (χ2n) is 5.81. The normalized spacial score (nSPS) is 19.2. The molecule has 0 amide bonds. The Morgan fingerprint density at radius 2 is 1.95 bits per heavy atom. The molecule has 0 spiro atoms. The summed E-state index contributed by atoms with van der Waals surface area (Å²) >= 11 is 0. The number of aliphatic hydroxyl groups is 1. The molecule has 1 fully saturated rings. The Kier molecular flexibility index (Phi) is 3.91. The Morgan fingerprint density at radius 3 is 2.62 bits per heavy atom. The minimum atomic E-state index is -0.870. The van der Waals surface area contributed by atoms with Crippen molar-refractivity contribution in [3.8, 4) is 0 Å². The second kappa shape index (κ2) is 5.69. The number of hydrogen-bond donors (Lipinski definition) is 1. The van der Waals surface area contributed by atoms with E-state index in [4.69, 9.17) is 0 Å². The van der Waals surface area contributed by atoms with Gasteiger partial charge in [0.2, 0.25) is 0 Å². The van der Waals surface area contributed by atoms with Gasteiger partial charge in [-0.25, -0.2) is 13.8 Å². The van der Waals surface area contributed by atoms with Crippen LogP contribution < -0.4 is 0 Å². The summed E-state index contributed by atoms with van der Waals surface area (Å²) in [6.07, 6.45) is 3.25.